The van der Waals surface area contributed by atoms with E-state index in [0.29, 0.717) is 22.7 Å². The zero-order chi connectivity index (χ0) is 19.5. The molecular formula is C20H16N4O4. The Kier molecular flexibility index (Phi) is 4.59. The number of ether oxygens (including phenoxy) is 1. The molecule has 140 valence electrons. The number of benzene rings is 2. The van der Waals surface area contributed by atoms with Crippen LogP contribution in [0.15, 0.2) is 65.5 Å². The minimum absolute atomic E-state index is 0.0439. The molecule has 4 rings (SSSR count). The third-order valence-corrected chi connectivity index (χ3v) is 4.26. The Hall–Kier alpha value is -3.94. The van der Waals surface area contributed by atoms with E-state index in [2.05, 4.69) is 15.5 Å². The van der Waals surface area contributed by atoms with E-state index in [1.165, 1.54) is 13.5 Å². The van der Waals surface area contributed by atoms with Gasteiger partial charge in [0.25, 0.3) is 0 Å². The van der Waals surface area contributed by atoms with Crippen LogP contribution in [0.1, 0.15) is 10.4 Å². The van der Waals surface area contributed by atoms with Crippen molar-refractivity contribution in [2.75, 3.05) is 12.4 Å². The molecule has 1 amide bonds. The average Bonchev–Trinajstić information content (AvgIpc) is 3.36. The van der Waals surface area contributed by atoms with Crippen molar-refractivity contribution in [1.82, 2.24) is 14.8 Å². The first-order chi connectivity index (χ1) is 13.7. The molecule has 0 radical (unpaired) electrons. The maximum absolute atomic E-state index is 12.6. The fraction of sp³-hybridized carbons (Fsp3) is 0.100. The van der Waals surface area contributed by atoms with E-state index in [4.69, 9.17) is 9.15 Å². The van der Waals surface area contributed by atoms with Gasteiger partial charge in [-0.2, -0.15) is 0 Å². The van der Waals surface area contributed by atoms with Crippen LogP contribution in [0.25, 0.3) is 22.4 Å². The number of hydrogen-bond acceptors (Lipinski definition) is 6. The predicted molar refractivity (Wildman–Crippen MR) is 102 cm³/mol. The number of hydrogen-bond donors (Lipinski definition) is 1. The molecule has 0 aliphatic rings. The first-order valence-electron chi connectivity index (χ1n) is 8.48. The number of esters is 1. The standard InChI is InChI=1S/C20H16N4O4/c1-27-20(26)16-10-24(17-8-3-2-7-15(16)17)11-18(25)22-14-6-4-5-13(9-14)19-23-21-12-28-19/h2-10,12H,11H2,1H3,(H,22,25). The minimum atomic E-state index is -0.442. The highest BCUT2D eigenvalue weighted by Gasteiger charge is 2.16. The van der Waals surface area contributed by atoms with E-state index in [0.717, 1.165) is 10.9 Å². The summed E-state index contributed by atoms with van der Waals surface area (Å²) >= 11 is 0. The quantitative estimate of drug-likeness (QED) is 0.537. The zero-order valence-corrected chi connectivity index (χ0v) is 15.0. The molecule has 0 bridgehead atoms. The van der Waals surface area contributed by atoms with Gasteiger partial charge in [-0.05, 0) is 24.3 Å². The molecule has 0 aliphatic heterocycles. The highest BCUT2D eigenvalue weighted by Crippen LogP contribution is 2.23. The summed E-state index contributed by atoms with van der Waals surface area (Å²) in [6.07, 6.45) is 2.88. The van der Waals surface area contributed by atoms with Crippen molar-refractivity contribution in [3.8, 4) is 11.5 Å². The summed E-state index contributed by atoms with van der Waals surface area (Å²) in [4.78, 5) is 24.6. The van der Waals surface area contributed by atoms with Gasteiger partial charge in [-0.25, -0.2) is 4.79 Å². The molecule has 8 heteroatoms. The van der Waals surface area contributed by atoms with Crippen molar-refractivity contribution in [2.24, 2.45) is 0 Å². The summed E-state index contributed by atoms with van der Waals surface area (Å²) in [6, 6.07) is 14.5. The number of fused-ring (bicyclic) bond motifs is 1. The maximum Gasteiger partial charge on any atom is 0.340 e. The number of amides is 1. The van der Waals surface area contributed by atoms with Gasteiger partial charge in [0.05, 0.1) is 12.7 Å². The van der Waals surface area contributed by atoms with E-state index in [9.17, 15) is 9.59 Å². The Balaban J connectivity index is 1.56. The Morgan fingerprint density at radius 2 is 2.04 bits per heavy atom. The fourth-order valence-electron chi connectivity index (χ4n) is 3.03. The van der Waals surface area contributed by atoms with Crippen LogP contribution in [0.5, 0.6) is 0 Å². The monoisotopic (exact) mass is 376 g/mol. The maximum atomic E-state index is 12.6. The zero-order valence-electron chi connectivity index (χ0n) is 15.0. The third kappa shape index (κ3) is 3.35. The highest BCUT2D eigenvalue weighted by molar-refractivity contribution is 6.05. The smallest absolute Gasteiger partial charge is 0.340 e. The van der Waals surface area contributed by atoms with Crippen LogP contribution in [0, 0.1) is 0 Å². The molecule has 2 heterocycles. The van der Waals surface area contributed by atoms with Gasteiger partial charge in [0.2, 0.25) is 18.2 Å². The van der Waals surface area contributed by atoms with Gasteiger partial charge in [0, 0.05) is 28.4 Å². The second-order valence-electron chi connectivity index (χ2n) is 6.05. The molecule has 0 fully saturated rings. The van der Waals surface area contributed by atoms with Crippen molar-refractivity contribution in [1.29, 1.82) is 0 Å². The van der Waals surface area contributed by atoms with Crippen LogP contribution in [-0.2, 0) is 16.1 Å². The average molecular weight is 376 g/mol. The largest absolute Gasteiger partial charge is 0.465 e. The summed E-state index contributed by atoms with van der Waals surface area (Å²) in [6.45, 7) is 0.0439. The number of aromatic nitrogens is 3. The minimum Gasteiger partial charge on any atom is -0.465 e. The topological polar surface area (TPSA) is 99.2 Å². The van der Waals surface area contributed by atoms with Gasteiger partial charge >= 0.3 is 5.97 Å². The fourth-order valence-corrected chi connectivity index (χ4v) is 3.03. The lowest BCUT2D eigenvalue weighted by atomic mass is 10.2. The van der Waals surface area contributed by atoms with Crippen LogP contribution in [-0.4, -0.2) is 33.8 Å². The lowest BCUT2D eigenvalue weighted by Gasteiger charge is -2.08. The van der Waals surface area contributed by atoms with Crippen molar-refractivity contribution >= 4 is 28.5 Å². The number of para-hydroxylation sites is 1. The van der Waals surface area contributed by atoms with E-state index < -0.39 is 5.97 Å². The lowest BCUT2D eigenvalue weighted by Crippen LogP contribution is -2.18. The molecule has 0 saturated heterocycles. The van der Waals surface area contributed by atoms with Crippen LogP contribution in [0.3, 0.4) is 0 Å². The van der Waals surface area contributed by atoms with E-state index >= 15 is 0 Å². The molecule has 0 unspecified atom stereocenters. The molecule has 0 spiro atoms. The van der Waals surface area contributed by atoms with Crippen molar-refractivity contribution in [2.45, 2.75) is 6.54 Å². The van der Waals surface area contributed by atoms with Crippen molar-refractivity contribution < 1.29 is 18.7 Å². The molecule has 2 aromatic heterocycles. The number of rotatable bonds is 5. The Bertz CT molecular complexity index is 1150. The van der Waals surface area contributed by atoms with Crippen LogP contribution in [0.4, 0.5) is 5.69 Å². The molecule has 28 heavy (non-hydrogen) atoms. The molecule has 8 nitrogen and oxygen atoms in total. The number of anilines is 1. The predicted octanol–water partition coefficient (Wildman–Crippen LogP) is 3.12. The summed E-state index contributed by atoms with van der Waals surface area (Å²) in [5.74, 6) is -0.308. The number of carbonyl (C=O) groups excluding carboxylic acids is 2. The summed E-state index contributed by atoms with van der Waals surface area (Å²) in [5.41, 5.74) is 2.50. The Labute approximate surface area is 159 Å². The molecular weight excluding hydrogens is 360 g/mol. The van der Waals surface area contributed by atoms with Gasteiger partial charge in [-0.1, -0.05) is 24.3 Å². The molecule has 1 N–H and O–H groups in total. The molecule has 2 aromatic carbocycles. The Morgan fingerprint density at radius 3 is 2.82 bits per heavy atom. The second kappa shape index (κ2) is 7.36. The van der Waals surface area contributed by atoms with Crippen LogP contribution < -0.4 is 5.32 Å². The second-order valence-corrected chi connectivity index (χ2v) is 6.05. The molecule has 4 aromatic rings. The van der Waals surface area contributed by atoms with E-state index in [-0.39, 0.29) is 12.5 Å². The van der Waals surface area contributed by atoms with E-state index in [1.54, 1.807) is 29.0 Å². The number of nitrogens with one attached hydrogen (secondary N) is 1. The van der Waals surface area contributed by atoms with Crippen molar-refractivity contribution in [3.05, 3.63) is 66.7 Å². The molecule has 0 atom stereocenters. The van der Waals surface area contributed by atoms with Crippen molar-refractivity contribution in [3.63, 3.8) is 0 Å². The molecule has 0 aliphatic carbocycles. The lowest BCUT2D eigenvalue weighted by molar-refractivity contribution is -0.116. The summed E-state index contributed by atoms with van der Waals surface area (Å²) in [5, 5.41) is 11.1. The normalized spacial score (nSPS) is 10.8. The van der Waals surface area contributed by atoms with Crippen LogP contribution in [0.2, 0.25) is 0 Å². The number of carbonyl (C=O) groups is 2. The number of methoxy groups -OCH3 is 1. The van der Waals surface area contributed by atoms with Gasteiger partial charge in [-0.3, -0.25) is 4.79 Å². The summed E-state index contributed by atoms with van der Waals surface area (Å²) in [7, 11) is 1.33. The summed E-state index contributed by atoms with van der Waals surface area (Å²) < 4.78 is 11.7. The third-order valence-electron chi connectivity index (χ3n) is 4.26. The van der Waals surface area contributed by atoms with Gasteiger partial charge in [-0.15, -0.1) is 10.2 Å². The van der Waals surface area contributed by atoms with Crippen LogP contribution >= 0.6 is 0 Å². The van der Waals surface area contributed by atoms with E-state index in [1.807, 2.05) is 30.3 Å². The first kappa shape index (κ1) is 17.5. The molecule has 0 saturated carbocycles. The van der Waals surface area contributed by atoms with Gasteiger partial charge in [0.15, 0.2) is 0 Å². The van der Waals surface area contributed by atoms with Gasteiger partial charge < -0.3 is 19.0 Å². The first-order valence-corrected chi connectivity index (χ1v) is 8.48. The number of nitrogens with zero attached hydrogens (tertiary/aromatic N) is 3. The van der Waals surface area contributed by atoms with Gasteiger partial charge in [0.1, 0.15) is 6.54 Å². The highest BCUT2D eigenvalue weighted by atomic mass is 16.5. The Morgan fingerprint density at radius 1 is 1.18 bits per heavy atom. The SMILES string of the molecule is COC(=O)c1cn(CC(=O)Nc2cccc(-c3nnco3)c2)c2ccccc12.